The molecule has 1 aromatic heterocycles. The molecule has 0 spiro atoms. The molecular formula is C16H19BrN2O2S. The Hall–Kier alpha value is -0.850. The lowest BCUT2D eigenvalue weighted by Gasteiger charge is -2.14. The molecule has 1 fully saturated rings. The fourth-order valence-corrected chi connectivity index (χ4v) is 4.10. The van der Waals surface area contributed by atoms with Gasteiger partial charge < -0.3 is 4.74 Å². The Balaban J connectivity index is 1.97. The minimum absolute atomic E-state index is 0.0444. The zero-order valence-corrected chi connectivity index (χ0v) is 15.0. The molecule has 22 heavy (non-hydrogen) atoms. The van der Waals surface area contributed by atoms with Crippen LogP contribution < -0.4 is 5.56 Å². The van der Waals surface area contributed by atoms with E-state index in [-0.39, 0.29) is 11.7 Å². The Kier molecular flexibility index (Phi) is 5.21. The summed E-state index contributed by atoms with van der Waals surface area (Å²) in [6.45, 7) is 3.63. The van der Waals surface area contributed by atoms with Gasteiger partial charge in [0.05, 0.1) is 17.0 Å². The first kappa shape index (κ1) is 16.0. The van der Waals surface area contributed by atoms with E-state index >= 15 is 0 Å². The van der Waals surface area contributed by atoms with Gasteiger partial charge in [0.2, 0.25) is 0 Å². The highest BCUT2D eigenvalue weighted by molar-refractivity contribution is 9.10. The van der Waals surface area contributed by atoms with Gasteiger partial charge in [0.15, 0.2) is 5.16 Å². The van der Waals surface area contributed by atoms with Crippen molar-refractivity contribution < 1.29 is 4.74 Å². The third-order valence-electron chi connectivity index (χ3n) is 3.75. The molecule has 0 amide bonds. The highest BCUT2D eigenvalue weighted by Gasteiger charge is 2.18. The lowest BCUT2D eigenvalue weighted by Crippen LogP contribution is -2.24. The van der Waals surface area contributed by atoms with Crippen molar-refractivity contribution in [3.05, 3.63) is 33.0 Å². The summed E-state index contributed by atoms with van der Waals surface area (Å²) in [5, 5.41) is 1.47. The fraction of sp³-hybridized carbons (Fsp3) is 0.500. The topological polar surface area (TPSA) is 44.1 Å². The summed E-state index contributed by atoms with van der Waals surface area (Å²) in [6.07, 6.45) is 3.43. The molecule has 0 bridgehead atoms. The molecule has 0 N–H and O–H groups in total. The molecule has 0 saturated carbocycles. The number of rotatable bonds is 5. The molecule has 118 valence electrons. The van der Waals surface area contributed by atoms with Gasteiger partial charge in [-0.05, 0) is 37.5 Å². The van der Waals surface area contributed by atoms with Crippen molar-refractivity contribution in [2.75, 3.05) is 12.4 Å². The van der Waals surface area contributed by atoms with Gasteiger partial charge in [0.1, 0.15) is 0 Å². The van der Waals surface area contributed by atoms with Crippen LogP contribution in [0.1, 0.15) is 26.2 Å². The van der Waals surface area contributed by atoms with Crippen LogP contribution in [0, 0.1) is 0 Å². The van der Waals surface area contributed by atoms with Crippen LogP contribution in [-0.4, -0.2) is 28.0 Å². The summed E-state index contributed by atoms with van der Waals surface area (Å²) < 4.78 is 8.37. The quantitative estimate of drug-likeness (QED) is 0.581. The second kappa shape index (κ2) is 7.15. The van der Waals surface area contributed by atoms with Gasteiger partial charge in [0, 0.05) is 23.4 Å². The maximum Gasteiger partial charge on any atom is 0.262 e. The first-order valence-electron chi connectivity index (χ1n) is 7.63. The average molecular weight is 383 g/mol. The summed E-state index contributed by atoms with van der Waals surface area (Å²) in [5.74, 6) is 0.859. The van der Waals surface area contributed by atoms with Crippen LogP contribution in [0.2, 0.25) is 0 Å². The number of hydrogen-bond donors (Lipinski definition) is 0. The van der Waals surface area contributed by atoms with E-state index in [1.165, 1.54) is 0 Å². The predicted molar refractivity (Wildman–Crippen MR) is 93.7 cm³/mol. The number of halogens is 1. The third kappa shape index (κ3) is 3.39. The Bertz CT molecular complexity index is 726. The van der Waals surface area contributed by atoms with E-state index in [1.807, 2.05) is 18.2 Å². The Labute approximate surface area is 142 Å². The van der Waals surface area contributed by atoms with Crippen LogP contribution in [-0.2, 0) is 11.3 Å². The van der Waals surface area contributed by atoms with Crippen LogP contribution in [0.5, 0.6) is 0 Å². The van der Waals surface area contributed by atoms with E-state index in [0.29, 0.717) is 11.9 Å². The van der Waals surface area contributed by atoms with Gasteiger partial charge in [-0.15, -0.1) is 0 Å². The van der Waals surface area contributed by atoms with Crippen molar-refractivity contribution in [3.63, 3.8) is 0 Å². The van der Waals surface area contributed by atoms with Crippen molar-refractivity contribution in [1.82, 2.24) is 9.55 Å². The van der Waals surface area contributed by atoms with Crippen molar-refractivity contribution >= 4 is 38.6 Å². The molecule has 1 saturated heterocycles. The highest BCUT2D eigenvalue weighted by Crippen LogP contribution is 2.24. The number of thioether (sulfide) groups is 1. The van der Waals surface area contributed by atoms with Crippen molar-refractivity contribution in [2.45, 2.75) is 44.0 Å². The van der Waals surface area contributed by atoms with Gasteiger partial charge in [-0.2, -0.15) is 0 Å². The van der Waals surface area contributed by atoms with E-state index in [9.17, 15) is 4.79 Å². The molecule has 1 aliphatic heterocycles. The number of fused-ring (bicyclic) bond motifs is 1. The standard InChI is InChI=1S/C16H19BrN2O2S/c1-2-7-19-15(20)13-9-11(17)5-6-14(13)18-16(19)22-10-12-4-3-8-21-12/h5-6,9,12H,2-4,7-8,10H2,1H3. The smallest absolute Gasteiger partial charge is 0.262 e. The molecule has 1 atom stereocenters. The van der Waals surface area contributed by atoms with E-state index < -0.39 is 0 Å². The van der Waals surface area contributed by atoms with Gasteiger partial charge in [-0.3, -0.25) is 9.36 Å². The third-order valence-corrected chi connectivity index (χ3v) is 5.35. The van der Waals surface area contributed by atoms with Crippen LogP contribution in [0.3, 0.4) is 0 Å². The summed E-state index contributed by atoms with van der Waals surface area (Å²) in [7, 11) is 0. The largest absolute Gasteiger partial charge is 0.377 e. The van der Waals surface area contributed by atoms with Crippen LogP contribution in [0.4, 0.5) is 0 Å². The molecule has 4 nitrogen and oxygen atoms in total. The van der Waals surface area contributed by atoms with Gasteiger partial charge in [0.25, 0.3) is 5.56 Å². The van der Waals surface area contributed by atoms with E-state index in [4.69, 9.17) is 9.72 Å². The normalized spacial score (nSPS) is 18.2. The van der Waals surface area contributed by atoms with E-state index in [0.717, 1.165) is 46.8 Å². The number of benzene rings is 1. The van der Waals surface area contributed by atoms with Gasteiger partial charge in [-0.25, -0.2) is 4.98 Å². The molecule has 0 radical (unpaired) electrons. The zero-order chi connectivity index (χ0) is 15.5. The Morgan fingerprint density at radius 1 is 1.50 bits per heavy atom. The van der Waals surface area contributed by atoms with Crippen molar-refractivity contribution in [2.24, 2.45) is 0 Å². The first-order chi connectivity index (χ1) is 10.7. The molecule has 3 rings (SSSR count). The Morgan fingerprint density at radius 3 is 3.09 bits per heavy atom. The van der Waals surface area contributed by atoms with Crippen LogP contribution in [0.25, 0.3) is 10.9 Å². The zero-order valence-electron chi connectivity index (χ0n) is 12.5. The van der Waals surface area contributed by atoms with E-state index in [2.05, 4.69) is 22.9 Å². The predicted octanol–water partition coefficient (Wildman–Crippen LogP) is 3.84. The molecular weight excluding hydrogens is 364 g/mol. The van der Waals surface area contributed by atoms with Crippen molar-refractivity contribution in [3.8, 4) is 0 Å². The van der Waals surface area contributed by atoms with E-state index in [1.54, 1.807) is 16.3 Å². The lowest BCUT2D eigenvalue weighted by molar-refractivity contribution is 0.129. The van der Waals surface area contributed by atoms with Crippen molar-refractivity contribution in [1.29, 1.82) is 0 Å². The SMILES string of the molecule is CCCn1c(SCC2CCCO2)nc2ccc(Br)cc2c1=O. The molecule has 0 aliphatic carbocycles. The fourth-order valence-electron chi connectivity index (χ4n) is 2.65. The van der Waals surface area contributed by atoms with Crippen LogP contribution in [0.15, 0.2) is 32.6 Å². The molecule has 1 unspecified atom stereocenters. The first-order valence-corrected chi connectivity index (χ1v) is 9.41. The number of hydrogen-bond acceptors (Lipinski definition) is 4. The minimum Gasteiger partial charge on any atom is -0.377 e. The summed E-state index contributed by atoms with van der Waals surface area (Å²) in [6, 6.07) is 5.67. The second-order valence-corrected chi connectivity index (χ2v) is 7.36. The molecule has 1 aromatic carbocycles. The summed E-state index contributed by atoms with van der Waals surface area (Å²) in [4.78, 5) is 17.5. The monoisotopic (exact) mass is 382 g/mol. The number of ether oxygens (including phenoxy) is 1. The molecule has 2 heterocycles. The maximum atomic E-state index is 12.7. The Morgan fingerprint density at radius 2 is 2.36 bits per heavy atom. The summed E-state index contributed by atoms with van der Waals surface area (Å²) >= 11 is 5.06. The second-order valence-electron chi connectivity index (χ2n) is 5.46. The number of nitrogens with zero attached hydrogens (tertiary/aromatic N) is 2. The summed E-state index contributed by atoms with van der Waals surface area (Å²) in [5.41, 5.74) is 0.804. The van der Waals surface area contributed by atoms with Gasteiger partial charge >= 0.3 is 0 Å². The highest BCUT2D eigenvalue weighted by atomic mass is 79.9. The molecule has 6 heteroatoms. The molecule has 1 aliphatic rings. The minimum atomic E-state index is 0.0444. The molecule has 2 aromatic rings. The average Bonchev–Trinajstić information content (AvgIpc) is 3.02. The van der Waals surface area contributed by atoms with Gasteiger partial charge in [-0.1, -0.05) is 34.6 Å². The number of aromatic nitrogens is 2. The lowest BCUT2D eigenvalue weighted by atomic mass is 10.2. The van der Waals surface area contributed by atoms with Crippen LogP contribution >= 0.6 is 27.7 Å². The maximum absolute atomic E-state index is 12.7.